The third kappa shape index (κ3) is 4.23. The summed E-state index contributed by atoms with van der Waals surface area (Å²) in [5.41, 5.74) is 1.45. The van der Waals surface area contributed by atoms with Gasteiger partial charge < -0.3 is 24.4 Å². The van der Waals surface area contributed by atoms with Gasteiger partial charge in [-0.15, -0.1) is 6.58 Å². The number of hydrogen-bond acceptors (Lipinski definition) is 6. The van der Waals surface area contributed by atoms with Gasteiger partial charge in [0.2, 0.25) is 0 Å². The summed E-state index contributed by atoms with van der Waals surface area (Å²) in [5.74, 6) is -0.344. The third-order valence-corrected chi connectivity index (χ3v) is 4.31. The lowest BCUT2D eigenvalue weighted by molar-refractivity contribution is 0.0919. The molecule has 0 saturated carbocycles. The molecule has 0 spiro atoms. The van der Waals surface area contributed by atoms with Crippen LogP contribution >= 0.6 is 0 Å². The molecule has 0 heterocycles. The highest BCUT2D eigenvalue weighted by atomic mass is 16.5. The molecule has 27 heavy (non-hydrogen) atoms. The summed E-state index contributed by atoms with van der Waals surface area (Å²) < 4.78 is 15.6. The van der Waals surface area contributed by atoms with Crippen molar-refractivity contribution in [2.45, 2.75) is 12.3 Å². The van der Waals surface area contributed by atoms with Crippen LogP contribution in [0, 0.1) is 0 Å². The Balaban J connectivity index is 2.51. The molecule has 0 aromatic heterocycles. The number of rotatable bonds is 9. The number of phenolic OH excluding ortho intramolecular Hbond substituents is 1. The minimum Gasteiger partial charge on any atom is -0.504 e. The number of allylic oxidation sites excluding steroid dienone is 1. The van der Waals surface area contributed by atoms with Gasteiger partial charge >= 0.3 is 0 Å². The summed E-state index contributed by atoms with van der Waals surface area (Å²) >= 11 is 0. The highest BCUT2D eigenvalue weighted by Crippen LogP contribution is 2.38. The van der Waals surface area contributed by atoms with E-state index in [1.807, 2.05) is 0 Å². The molecule has 2 aromatic carbocycles. The zero-order valence-electron chi connectivity index (χ0n) is 15.7. The van der Waals surface area contributed by atoms with Gasteiger partial charge in [0.25, 0.3) is 0 Å². The molecule has 0 aliphatic rings. The van der Waals surface area contributed by atoms with Gasteiger partial charge in [-0.1, -0.05) is 12.1 Å². The van der Waals surface area contributed by atoms with Gasteiger partial charge in [0.1, 0.15) is 0 Å². The van der Waals surface area contributed by atoms with Crippen LogP contribution < -0.4 is 14.2 Å². The van der Waals surface area contributed by atoms with Crippen molar-refractivity contribution in [3.05, 3.63) is 59.7 Å². The molecule has 0 unspecified atom stereocenters. The predicted molar refractivity (Wildman–Crippen MR) is 102 cm³/mol. The molecule has 6 heteroatoms. The van der Waals surface area contributed by atoms with E-state index in [4.69, 9.17) is 14.2 Å². The number of benzene rings is 2. The molecule has 0 amide bonds. The van der Waals surface area contributed by atoms with Crippen molar-refractivity contribution in [2.24, 2.45) is 0 Å². The Morgan fingerprint density at radius 3 is 2.30 bits per heavy atom. The van der Waals surface area contributed by atoms with Crippen molar-refractivity contribution in [3.8, 4) is 23.0 Å². The first kappa shape index (κ1) is 20.3. The number of aromatic hydroxyl groups is 1. The van der Waals surface area contributed by atoms with E-state index >= 15 is 0 Å². The molecule has 0 saturated heterocycles. The summed E-state index contributed by atoms with van der Waals surface area (Å²) in [6, 6.07) is 8.11. The largest absolute Gasteiger partial charge is 0.504 e. The van der Waals surface area contributed by atoms with Gasteiger partial charge in [0.05, 0.1) is 33.9 Å². The Hall–Kier alpha value is -2.99. The molecular weight excluding hydrogens is 348 g/mol. The maximum atomic E-state index is 13.0. The minimum absolute atomic E-state index is 0.168. The minimum atomic E-state index is -0.957. The van der Waals surface area contributed by atoms with Crippen molar-refractivity contribution >= 4 is 5.78 Å². The van der Waals surface area contributed by atoms with Gasteiger partial charge in [-0.25, -0.2) is 0 Å². The van der Waals surface area contributed by atoms with E-state index in [0.29, 0.717) is 29.0 Å². The Bertz CT molecular complexity index is 828. The SMILES string of the molecule is C=CCc1cc(OC)c(O)c([C@@H](CO)C(=O)c2ccc(OC)c(OC)c2)c1. The maximum Gasteiger partial charge on any atom is 0.172 e. The lowest BCUT2D eigenvalue weighted by atomic mass is 9.88. The topological polar surface area (TPSA) is 85.2 Å². The van der Waals surface area contributed by atoms with E-state index in [0.717, 1.165) is 5.56 Å². The maximum absolute atomic E-state index is 13.0. The van der Waals surface area contributed by atoms with Gasteiger partial charge in [0, 0.05) is 11.1 Å². The molecule has 6 nitrogen and oxygen atoms in total. The van der Waals surface area contributed by atoms with Crippen LogP contribution in [0.15, 0.2) is 43.0 Å². The zero-order chi connectivity index (χ0) is 20.0. The lowest BCUT2D eigenvalue weighted by Gasteiger charge is -2.19. The van der Waals surface area contributed by atoms with Crippen LogP contribution in [0.3, 0.4) is 0 Å². The number of carbonyl (C=O) groups is 1. The molecule has 2 rings (SSSR count). The fourth-order valence-corrected chi connectivity index (χ4v) is 2.91. The van der Waals surface area contributed by atoms with Crippen molar-refractivity contribution in [1.29, 1.82) is 0 Å². The summed E-state index contributed by atoms with van der Waals surface area (Å²) in [6.07, 6.45) is 2.24. The van der Waals surface area contributed by atoms with Crippen LogP contribution in [0.5, 0.6) is 23.0 Å². The molecule has 2 aromatic rings. The Morgan fingerprint density at radius 1 is 1.07 bits per heavy atom. The Morgan fingerprint density at radius 2 is 1.74 bits per heavy atom. The number of ether oxygens (including phenoxy) is 3. The van der Waals surface area contributed by atoms with Crippen molar-refractivity contribution < 1.29 is 29.2 Å². The van der Waals surface area contributed by atoms with E-state index in [2.05, 4.69) is 6.58 Å². The molecular formula is C21H24O6. The van der Waals surface area contributed by atoms with Gasteiger partial charge in [-0.2, -0.15) is 0 Å². The molecule has 1 atom stereocenters. The van der Waals surface area contributed by atoms with Crippen LogP contribution in [-0.2, 0) is 6.42 Å². The standard InChI is InChI=1S/C21H24O6/c1-5-6-13-9-15(21(24)19(10-13)27-4)16(12-22)20(23)14-7-8-17(25-2)18(11-14)26-3/h5,7-11,16,22,24H,1,6,12H2,2-4H3/t16-/m1/s1. The first-order valence-corrected chi connectivity index (χ1v) is 8.38. The van der Waals surface area contributed by atoms with Gasteiger partial charge in [-0.3, -0.25) is 4.79 Å². The van der Waals surface area contributed by atoms with E-state index in [1.165, 1.54) is 21.3 Å². The number of hydrogen-bond donors (Lipinski definition) is 2. The second kappa shape index (κ2) is 9.09. The summed E-state index contributed by atoms with van der Waals surface area (Å²) in [4.78, 5) is 13.0. The van der Waals surface area contributed by atoms with E-state index < -0.39 is 12.5 Å². The van der Waals surface area contributed by atoms with Crippen molar-refractivity contribution in [3.63, 3.8) is 0 Å². The number of aliphatic hydroxyl groups is 1. The second-order valence-electron chi connectivity index (χ2n) is 5.90. The van der Waals surface area contributed by atoms with Crippen molar-refractivity contribution in [1.82, 2.24) is 0 Å². The van der Waals surface area contributed by atoms with Crippen LogP contribution in [0.2, 0.25) is 0 Å². The summed E-state index contributed by atoms with van der Waals surface area (Å²) in [5, 5.41) is 20.4. The summed E-state index contributed by atoms with van der Waals surface area (Å²) in [7, 11) is 4.41. The normalized spacial score (nSPS) is 11.6. The fraction of sp³-hybridized carbons (Fsp3) is 0.286. The number of carbonyl (C=O) groups excluding carboxylic acids is 1. The predicted octanol–water partition coefficient (Wildman–Crippen LogP) is 3.11. The van der Waals surface area contributed by atoms with Crippen molar-refractivity contribution in [2.75, 3.05) is 27.9 Å². The number of methoxy groups -OCH3 is 3. The third-order valence-electron chi connectivity index (χ3n) is 4.31. The first-order valence-electron chi connectivity index (χ1n) is 8.38. The lowest BCUT2D eigenvalue weighted by Crippen LogP contribution is -2.17. The molecule has 2 N–H and O–H groups in total. The van der Waals surface area contributed by atoms with Crippen LogP contribution in [0.1, 0.15) is 27.4 Å². The Labute approximate surface area is 158 Å². The second-order valence-corrected chi connectivity index (χ2v) is 5.90. The van der Waals surface area contributed by atoms with Crippen LogP contribution in [-0.4, -0.2) is 43.9 Å². The van der Waals surface area contributed by atoms with E-state index in [-0.39, 0.29) is 17.3 Å². The average Bonchev–Trinajstić information content (AvgIpc) is 2.69. The van der Waals surface area contributed by atoms with E-state index in [1.54, 1.807) is 36.4 Å². The van der Waals surface area contributed by atoms with Gasteiger partial charge in [0.15, 0.2) is 28.8 Å². The molecule has 144 valence electrons. The van der Waals surface area contributed by atoms with Crippen LogP contribution in [0.4, 0.5) is 0 Å². The quantitative estimate of drug-likeness (QED) is 0.520. The van der Waals surface area contributed by atoms with E-state index in [9.17, 15) is 15.0 Å². The average molecular weight is 372 g/mol. The first-order chi connectivity index (χ1) is 13.0. The monoisotopic (exact) mass is 372 g/mol. The highest BCUT2D eigenvalue weighted by Gasteiger charge is 2.27. The highest BCUT2D eigenvalue weighted by molar-refractivity contribution is 6.02. The zero-order valence-corrected chi connectivity index (χ0v) is 15.7. The van der Waals surface area contributed by atoms with Crippen LogP contribution in [0.25, 0.3) is 0 Å². The number of phenols is 1. The molecule has 0 bridgehead atoms. The molecule has 0 fully saturated rings. The Kier molecular flexibility index (Phi) is 6.85. The fourth-order valence-electron chi connectivity index (χ4n) is 2.91. The smallest absolute Gasteiger partial charge is 0.172 e. The van der Waals surface area contributed by atoms with Gasteiger partial charge in [-0.05, 0) is 36.2 Å². The summed E-state index contributed by atoms with van der Waals surface area (Å²) in [6.45, 7) is 3.23. The molecule has 0 aliphatic heterocycles. The molecule has 0 radical (unpaired) electrons. The number of ketones is 1. The molecule has 0 aliphatic carbocycles. The number of aliphatic hydroxyl groups excluding tert-OH is 1. The number of Topliss-reactive ketones (excluding diaryl/α,β-unsaturated/α-hetero) is 1.